The van der Waals surface area contributed by atoms with E-state index in [1.807, 2.05) is 0 Å². The molecule has 0 amide bonds. The van der Waals surface area contributed by atoms with Gasteiger partial charge in [0.1, 0.15) is 0 Å². The van der Waals surface area contributed by atoms with Gasteiger partial charge in [-0.2, -0.15) is 0 Å². The third kappa shape index (κ3) is 11.1. The molecular formula is C8H18BaN6O10P2. The number of nitrogens with two attached hydrogens (primary N) is 2. The second kappa shape index (κ2) is 12.0. The molecule has 2 atom stereocenters. The molecule has 0 heterocycles. The molecule has 0 saturated heterocycles. The Morgan fingerprint density at radius 3 is 1.07 bits per heavy atom. The summed E-state index contributed by atoms with van der Waals surface area (Å²) < 4.78 is 21.2. The van der Waals surface area contributed by atoms with Crippen LogP contribution in [0.15, 0.2) is 0 Å². The average molecular weight is 558 g/mol. The predicted octanol–water partition coefficient (Wildman–Crippen LogP) is -6.25. The van der Waals surface area contributed by atoms with Gasteiger partial charge < -0.3 is 60.6 Å². The Balaban J connectivity index is -0.000000411. The fourth-order valence-electron chi connectivity index (χ4n) is 1.31. The first kappa shape index (κ1) is 31.1. The van der Waals surface area contributed by atoms with Gasteiger partial charge in [-0.05, 0) is 0 Å². The van der Waals surface area contributed by atoms with E-state index in [1.54, 1.807) is 0 Å². The molecule has 152 valence electrons. The van der Waals surface area contributed by atoms with Gasteiger partial charge in [0.05, 0.1) is 11.9 Å². The maximum Gasteiger partial charge on any atom is 2.00 e. The van der Waals surface area contributed by atoms with Crippen LogP contribution in [0.1, 0.15) is 0 Å². The molecule has 27 heavy (non-hydrogen) atoms. The molecule has 0 aromatic heterocycles. The molecule has 0 rings (SSSR count). The van der Waals surface area contributed by atoms with Crippen LogP contribution in [0.2, 0.25) is 0 Å². The molecule has 0 aromatic carbocycles. The SMILES string of the molecule is CN(C(=N)N)C(C(=O)[O-])P(=O)(O)O.CN(C(=N)N)C(C(=O)[O-])P(=O)(O)O.[Ba+2]. The molecule has 10 N–H and O–H groups in total. The molecule has 0 saturated carbocycles. The topological polar surface area (TPSA) is 302 Å². The summed E-state index contributed by atoms with van der Waals surface area (Å²) >= 11 is 0. The Bertz CT molecular complexity index is 608. The van der Waals surface area contributed by atoms with Crippen molar-refractivity contribution in [3.05, 3.63) is 0 Å². The molecule has 0 fully saturated rings. The van der Waals surface area contributed by atoms with Crippen LogP contribution in [0.5, 0.6) is 0 Å². The summed E-state index contributed by atoms with van der Waals surface area (Å²) in [4.78, 5) is 55.7. The summed E-state index contributed by atoms with van der Waals surface area (Å²) in [6.45, 7) is 0. The average Bonchev–Trinajstić information content (AvgIpc) is 2.34. The zero-order valence-electron chi connectivity index (χ0n) is 14.0. The van der Waals surface area contributed by atoms with E-state index in [0.717, 1.165) is 14.1 Å². The van der Waals surface area contributed by atoms with Crippen LogP contribution in [0.3, 0.4) is 0 Å². The fourth-order valence-corrected chi connectivity index (χ4v) is 3.01. The summed E-state index contributed by atoms with van der Waals surface area (Å²) in [5, 5.41) is 34.1. The second-order valence-electron chi connectivity index (χ2n) is 4.56. The van der Waals surface area contributed by atoms with E-state index < -0.39 is 50.6 Å². The first-order valence-corrected chi connectivity index (χ1v) is 9.37. The zero-order valence-corrected chi connectivity index (χ0v) is 20.3. The predicted molar refractivity (Wildman–Crippen MR) is 86.8 cm³/mol. The van der Waals surface area contributed by atoms with Gasteiger partial charge >= 0.3 is 64.1 Å². The van der Waals surface area contributed by atoms with E-state index in [1.165, 1.54) is 0 Å². The molecule has 16 nitrogen and oxygen atoms in total. The van der Waals surface area contributed by atoms with E-state index in [4.69, 9.17) is 41.9 Å². The molecule has 19 heteroatoms. The van der Waals surface area contributed by atoms with Crippen molar-refractivity contribution in [2.75, 3.05) is 14.1 Å². The first-order chi connectivity index (χ1) is 11.4. The van der Waals surface area contributed by atoms with Gasteiger partial charge in [-0.3, -0.25) is 19.9 Å². The maximum atomic E-state index is 10.6. The van der Waals surface area contributed by atoms with E-state index >= 15 is 0 Å². The second-order valence-corrected chi connectivity index (χ2v) is 7.89. The molecule has 0 aromatic rings. The van der Waals surface area contributed by atoms with Gasteiger partial charge in [0, 0.05) is 14.1 Å². The minimum absolute atomic E-state index is 0. The van der Waals surface area contributed by atoms with Crippen molar-refractivity contribution in [1.82, 2.24) is 9.80 Å². The van der Waals surface area contributed by atoms with E-state index in [2.05, 4.69) is 0 Å². The molecule has 0 aliphatic heterocycles. The number of aliphatic carboxylic acids is 2. The number of rotatable bonds is 6. The van der Waals surface area contributed by atoms with Gasteiger partial charge in [-0.15, -0.1) is 0 Å². The van der Waals surface area contributed by atoms with Crippen molar-refractivity contribution in [3.63, 3.8) is 0 Å². The van der Waals surface area contributed by atoms with Gasteiger partial charge in [0.15, 0.2) is 23.5 Å². The molecule has 2 unspecified atom stereocenters. The molecule has 0 radical (unpaired) electrons. The Hall–Kier alpha value is -0.649. The summed E-state index contributed by atoms with van der Waals surface area (Å²) in [7, 11) is -7.85. The number of hydrogen-bond acceptors (Lipinski definition) is 8. The summed E-state index contributed by atoms with van der Waals surface area (Å²) in [5.74, 6) is -9.93. The molecule has 0 bridgehead atoms. The van der Waals surface area contributed by atoms with E-state index in [9.17, 15) is 28.9 Å². The minimum atomic E-state index is -4.90. The maximum absolute atomic E-state index is 10.6. The molecule has 0 aliphatic rings. The first-order valence-electron chi connectivity index (χ1n) is 6.01. The normalized spacial score (nSPS) is 13.0. The van der Waals surface area contributed by atoms with Crippen LogP contribution in [0.25, 0.3) is 0 Å². The number of guanidine groups is 2. The van der Waals surface area contributed by atoms with Crippen LogP contribution >= 0.6 is 15.2 Å². The minimum Gasteiger partial charge on any atom is -0.547 e. The Kier molecular flexibility index (Phi) is 13.8. The van der Waals surface area contributed by atoms with Gasteiger partial charge in [-0.25, -0.2) is 0 Å². The number of hydrogen-bond donors (Lipinski definition) is 8. The van der Waals surface area contributed by atoms with Crippen molar-refractivity contribution < 1.29 is 48.5 Å². The number of carboxylic acids is 2. The summed E-state index contributed by atoms with van der Waals surface area (Å²) in [6.07, 6.45) is 0. The van der Waals surface area contributed by atoms with Crippen LogP contribution in [-0.4, -0.2) is 128 Å². The number of likely N-dealkylation sites (N-methyl/N-ethyl adjacent to an activating group) is 2. The third-order valence-corrected chi connectivity index (χ3v) is 4.94. The quantitative estimate of drug-likeness (QED) is 0.0652. The smallest absolute Gasteiger partial charge is 0.547 e. The number of carbonyl (C=O) groups is 2. The van der Waals surface area contributed by atoms with Crippen LogP contribution in [0.4, 0.5) is 0 Å². The zero-order chi connectivity index (χ0) is 21.6. The number of nitrogens with zero attached hydrogens (tertiary/aromatic N) is 2. The molecule has 0 aliphatic carbocycles. The van der Waals surface area contributed by atoms with Crippen molar-refractivity contribution in [1.29, 1.82) is 10.8 Å². The van der Waals surface area contributed by atoms with E-state index in [-0.39, 0.29) is 48.9 Å². The number of carbonyl (C=O) groups excluding carboxylic acids is 2. The van der Waals surface area contributed by atoms with Gasteiger partial charge in [0.2, 0.25) is 0 Å². The largest absolute Gasteiger partial charge is 2.00 e. The van der Waals surface area contributed by atoms with Crippen molar-refractivity contribution >= 4 is 87.9 Å². The number of carboxylic acid groups (broad SMARTS) is 2. The van der Waals surface area contributed by atoms with Crippen LogP contribution in [0, 0.1) is 10.8 Å². The Labute approximate surface area is 192 Å². The van der Waals surface area contributed by atoms with E-state index in [0.29, 0.717) is 9.80 Å². The Morgan fingerprint density at radius 1 is 0.852 bits per heavy atom. The van der Waals surface area contributed by atoms with Crippen LogP contribution < -0.4 is 21.7 Å². The van der Waals surface area contributed by atoms with Crippen molar-refractivity contribution in [2.24, 2.45) is 11.5 Å². The molecule has 0 spiro atoms. The number of nitrogens with one attached hydrogen (secondary N) is 2. The summed E-state index contributed by atoms with van der Waals surface area (Å²) in [5.41, 5.74) is 9.69. The fraction of sp³-hybridized carbons (Fsp3) is 0.500. The van der Waals surface area contributed by atoms with Crippen molar-refractivity contribution in [3.8, 4) is 0 Å². The Morgan fingerprint density at radius 2 is 1.04 bits per heavy atom. The monoisotopic (exact) mass is 558 g/mol. The van der Waals surface area contributed by atoms with Crippen molar-refractivity contribution in [2.45, 2.75) is 11.6 Å². The van der Waals surface area contributed by atoms with Crippen LogP contribution in [-0.2, 0) is 18.7 Å². The standard InChI is InChI=1S/2C4H10N3O5P.Ba/c2*1-7(4(5)6)2(3(8)9)13(10,11)12;/h2*2H,1H3,(H3,5,6)(H,8,9)(H2,10,11,12);/q;;+2/p-2. The summed E-state index contributed by atoms with van der Waals surface area (Å²) in [6, 6.07) is 0. The van der Waals surface area contributed by atoms with Gasteiger partial charge in [-0.1, -0.05) is 0 Å². The third-order valence-electron chi connectivity index (χ3n) is 2.55. The molecular weight excluding hydrogens is 539 g/mol. The van der Waals surface area contributed by atoms with Gasteiger partial charge in [0.25, 0.3) is 0 Å².